The molecule has 2 rings (SSSR count). The van der Waals surface area contributed by atoms with Crippen LogP contribution in [-0.4, -0.2) is 49.3 Å². The summed E-state index contributed by atoms with van der Waals surface area (Å²) in [6, 6.07) is 0. The minimum absolute atomic E-state index is 0.220. The summed E-state index contributed by atoms with van der Waals surface area (Å²) < 4.78 is 5.71. The van der Waals surface area contributed by atoms with Crippen LogP contribution in [0.1, 0.15) is 66.2 Å². The fraction of sp³-hybridized carbons (Fsp3) is 1.00. The third-order valence-corrected chi connectivity index (χ3v) is 5.04. The molecule has 21 heavy (non-hydrogen) atoms. The predicted octanol–water partition coefficient (Wildman–Crippen LogP) is 3.44. The monoisotopic (exact) mass is 296 g/mol. The van der Waals surface area contributed by atoms with E-state index in [1.54, 1.807) is 0 Å². The van der Waals surface area contributed by atoms with Gasteiger partial charge < -0.3 is 10.1 Å². The van der Waals surface area contributed by atoms with Gasteiger partial charge in [-0.1, -0.05) is 25.7 Å². The van der Waals surface area contributed by atoms with Crippen LogP contribution in [0.15, 0.2) is 0 Å². The van der Waals surface area contributed by atoms with Crippen LogP contribution in [0, 0.1) is 5.41 Å². The second-order valence-corrected chi connectivity index (χ2v) is 8.43. The van der Waals surface area contributed by atoms with Crippen molar-refractivity contribution in [3.05, 3.63) is 0 Å². The molecule has 0 amide bonds. The van der Waals surface area contributed by atoms with Gasteiger partial charge in [0.05, 0.1) is 12.7 Å². The van der Waals surface area contributed by atoms with Crippen LogP contribution in [0.25, 0.3) is 0 Å². The maximum atomic E-state index is 5.71. The second-order valence-electron chi connectivity index (χ2n) is 8.43. The molecule has 0 spiro atoms. The van der Waals surface area contributed by atoms with Crippen molar-refractivity contribution in [1.82, 2.24) is 10.2 Å². The first kappa shape index (κ1) is 17.2. The molecule has 1 aliphatic carbocycles. The number of nitrogens with one attached hydrogen (secondary N) is 1. The minimum Gasteiger partial charge on any atom is -0.376 e. The van der Waals surface area contributed by atoms with Crippen molar-refractivity contribution < 1.29 is 4.74 Å². The Balaban J connectivity index is 1.99. The Morgan fingerprint density at radius 2 is 1.81 bits per heavy atom. The molecular weight excluding hydrogens is 260 g/mol. The van der Waals surface area contributed by atoms with Gasteiger partial charge in [0.2, 0.25) is 0 Å². The molecule has 0 bridgehead atoms. The SMILES string of the molecule is CC1CN(CC2(CNC(C)(C)C)CCCCCC2)CCO1. The van der Waals surface area contributed by atoms with Gasteiger partial charge in [-0.2, -0.15) is 0 Å². The van der Waals surface area contributed by atoms with E-state index in [0.29, 0.717) is 11.5 Å². The zero-order chi connectivity index (χ0) is 15.3. The Morgan fingerprint density at radius 1 is 1.14 bits per heavy atom. The van der Waals surface area contributed by atoms with E-state index in [9.17, 15) is 0 Å². The second kappa shape index (κ2) is 7.43. The zero-order valence-electron chi connectivity index (χ0n) is 14.7. The summed E-state index contributed by atoms with van der Waals surface area (Å²) in [5.41, 5.74) is 0.693. The fourth-order valence-corrected chi connectivity index (χ4v) is 3.83. The topological polar surface area (TPSA) is 24.5 Å². The molecule has 1 atom stereocenters. The lowest BCUT2D eigenvalue weighted by Gasteiger charge is -2.42. The summed E-state index contributed by atoms with van der Waals surface area (Å²) in [7, 11) is 0. The quantitative estimate of drug-likeness (QED) is 0.804. The van der Waals surface area contributed by atoms with Gasteiger partial charge in [0.1, 0.15) is 0 Å². The molecule has 0 aromatic rings. The van der Waals surface area contributed by atoms with Crippen LogP contribution in [0.3, 0.4) is 0 Å². The van der Waals surface area contributed by atoms with Crippen LogP contribution in [-0.2, 0) is 4.74 Å². The van der Waals surface area contributed by atoms with Crippen molar-refractivity contribution in [2.45, 2.75) is 77.9 Å². The van der Waals surface area contributed by atoms with Crippen LogP contribution in [0.4, 0.5) is 0 Å². The molecule has 1 aliphatic heterocycles. The van der Waals surface area contributed by atoms with Gasteiger partial charge >= 0.3 is 0 Å². The summed E-state index contributed by atoms with van der Waals surface area (Å²) >= 11 is 0. The van der Waals surface area contributed by atoms with E-state index < -0.39 is 0 Å². The molecule has 0 aromatic carbocycles. The average Bonchev–Trinajstić information content (AvgIpc) is 2.62. The Bertz CT molecular complexity index is 303. The molecule has 0 radical (unpaired) electrons. The Morgan fingerprint density at radius 3 is 2.38 bits per heavy atom. The molecule has 3 nitrogen and oxygen atoms in total. The molecule has 1 saturated heterocycles. The highest BCUT2D eigenvalue weighted by Crippen LogP contribution is 2.36. The van der Waals surface area contributed by atoms with Gasteiger partial charge in [-0.25, -0.2) is 0 Å². The molecule has 2 aliphatic rings. The van der Waals surface area contributed by atoms with Gasteiger partial charge in [0.15, 0.2) is 0 Å². The molecule has 3 heteroatoms. The highest BCUT2D eigenvalue weighted by Gasteiger charge is 2.34. The first-order valence-electron chi connectivity index (χ1n) is 8.98. The van der Waals surface area contributed by atoms with Crippen molar-refractivity contribution in [1.29, 1.82) is 0 Å². The summed E-state index contributed by atoms with van der Waals surface area (Å²) in [5.74, 6) is 0. The molecule has 2 fully saturated rings. The lowest BCUT2D eigenvalue weighted by atomic mass is 9.79. The van der Waals surface area contributed by atoms with E-state index in [-0.39, 0.29) is 5.54 Å². The molecule has 1 saturated carbocycles. The minimum atomic E-state index is 0.220. The van der Waals surface area contributed by atoms with E-state index in [1.165, 1.54) is 51.6 Å². The van der Waals surface area contributed by atoms with E-state index in [0.717, 1.165) is 19.7 Å². The Labute approximate surface area is 131 Å². The van der Waals surface area contributed by atoms with E-state index in [2.05, 4.69) is 37.9 Å². The highest BCUT2D eigenvalue weighted by atomic mass is 16.5. The number of ether oxygens (including phenoxy) is 1. The van der Waals surface area contributed by atoms with Crippen molar-refractivity contribution in [2.75, 3.05) is 32.8 Å². The van der Waals surface area contributed by atoms with Crippen LogP contribution in [0.5, 0.6) is 0 Å². The predicted molar refractivity (Wildman–Crippen MR) is 89.7 cm³/mol. The van der Waals surface area contributed by atoms with Gasteiger partial charge in [-0.3, -0.25) is 4.90 Å². The average molecular weight is 296 g/mol. The number of rotatable bonds is 4. The van der Waals surface area contributed by atoms with Crippen molar-refractivity contribution in [3.8, 4) is 0 Å². The highest BCUT2D eigenvalue weighted by molar-refractivity contribution is 4.90. The zero-order valence-corrected chi connectivity index (χ0v) is 14.7. The fourth-order valence-electron chi connectivity index (χ4n) is 3.83. The Hall–Kier alpha value is -0.120. The molecular formula is C18H36N2O. The first-order chi connectivity index (χ1) is 9.89. The molecule has 1 heterocycles. The smallest absolute Gasteiger partial charge is 0.0674 e. The van der Waals surface area contributed by atoms with E-state index >= 15 is 0 Å². The van der Waals surface area contributed by atoms with Crippen molar-refractivity contribution >= 4 is 0 Å². The summed E-state index contributed by atoms with van der Waals surface area (Å²) in [5, 5.41) is 3.80. The summed E-state index contributed by atoms with van der Waals surface area (Å²) in [6.07, 6.45) is 8.85. The number of morpholine rings is 1. The van der Waals surface area contributed by atoms with Crippen LogP contribution >= 0.6 is 0 Å². The van der Waals surface area contributed by atoms with Gasteiger partial charge in [0.25, 0.3) is 0 Å². The summed E-state index contributed by atoms with van der Waals surface area (Å²) in [6.45, 7) is 14.6. The maximum Gasteiger partial charge on any atom is 0.0674 e. The molecule has 0 aromatic heterocycles. The summed E-state index contributed by atoms with van der Waals surface area (Å²) in [4.78, 5) is 2.66. The standard InChI is InChI=1S/C18H36N2O/c1-16-13-20(11-12-21-16)15-18(14-19-17(2,3)4)9-7-5-6-8-10-18/h16,19H,5-15H2,1-4H3. The third-order valence-electron chi connectivity index (χ3n) is 5.04. The lowest BCUT2D eigenvalue weighted by Crippen LogP contribution is -2.51. The lowest BCUT2D eigenvalue weighted by molar-refractivity contribution is -0.0348. The molecule has 1 N–H and O–H groups in total. The largest absolute Gasteiger partial charge is 0.376 e. The number of hydrogen-bond acceptors (Lipinski definition) is 3. The van der Waals surface area contributed by atoms with Gasteiger partial charge in [-0.15, -0.1) is 0 Å². The maximum absolute atomic E-state index is 5.71. The molecule has 124 valence electrons. The van der Waals surface area contributed by atoms with Crippen molar-refractivity contribution in [3.63, 3.8) is 0 Å². The number of nitrogens with zero attached hydrogens (tertiary/aromatic N) is 1. The van der Waals surface area contributed by atoms with Gasteiger partial charge in [0, 0.05) is 31.7 Å². The van der Waals surface area contributed by atoms with Crippen LogP contribution < -0.4 is 5.32 Å². The van der Waals surface area contributed by atoms with Crippen LogP contribution in [0.2, 0.25) is 0 Å². The normalized spacial score (nSPS) is 28.3. The van der Waals surface area contributed by atoms with E-state index in [1.807, 2.05) is 0 Å². The van der Waals surface area contributed by atoms with Gasteiger partial charge in [-0.05, 0) is 46.0 Å². The van der Waals surface area contributed by atoms with Crippen molar-refractivity contribution in [2.24, 2.45) is 5.41 Å². The Kier molecular flexibility index (Phi) is 6.10. The third kappa shape index (κ3) is 5.88. The molecule has 1 unspecified atom stereocenters. The van der Waals surface area contributed by atoms with E-state index in [4.69, 9.17) is 4.74 Å². The first-order valence-corrected chi connectivity index (χ1v) is 8.98. The number of hydrogen-bond donors (Lipinski definition) is 1.